The van der Waals surface area contributed by atoms with Crippen LogP contribution in [0.15, 0.2) is 46.8 Å². The van der Waals surface area contributed by atoms with E-state index >= 15 is 0 Å². The van der Waals surface area contributed by atoms with Crippen LogP contribution in [0.2, 0.25) is 5.02 Å². The zero-order chi connectivity index (χ0) is 16.6. The molecule has 23 heavy (non-hydrogen) atoms. The number of azo groups is 1. The van der Waals surface area contributed by atoms with Crippen LogP contribution in [0, 0.1) is 13.8 Å². The summed E-state index contributed by atoms with van der Waals surface area (Å²) in [7, 11) is 0. The summed E-state index contributed by atoms with van der Waals surface area (Å²) in [6.07, 6.45) is 1.83. The number of imidazole rings is 1. The van der Waals surface area contributed by atoms with E-state index in [-0.39, 0.29) is 5.92 Å². The average molecular weight is 327 g/mol. The van der Waals surface area contributed by atoms with Gasteiger partial charge >= 0.3 is 0 Å². The third-order valence-electron chi connectivity index (χ3n) is 3.60. The lowest BCUT2D eigenvalue weighted by Crippen LogP contribution is -1.87. The number of aryl methyl sites for hydroxylation is 2. The molecule has 118 valence electrons. The number of aromatic nitrogens is 2. The molecule has 0 bridgehead atoms. The van der Waals surface area contributed by atoms with Crippen molar-refractivity contribution in [3.05, 3.63) is 58.4 Å². The summed E-state index contributed by atoms with van der Waals surface area (Å²) >= 11 is 6.12. The quantitative estimate of drug-likeness (QED) is 0.533. The highest BCUT2D eigenvalue weighted by molar-refractivity contribution is 6.30. The third kappa shape index (κ3) is 3.27. The first kappa shape index (κ1) is 15.7. The Bertz CT molecular complexity index is 873. The molecule has 2 aromatic heterocycles. The lowest BCUT2D eigenvalue weighted by molar-refractivity contribution is 0.831. The Morgan fingerprint density at radius 1 is 1.04 bits per heavy atom. The summed E-state index contributed by atoms with van der Waals surface area (Å²) in [5.74, 6) is 0.985. The second kappa shape index (κ2) is 6.13. The zero-order valence-electron chi connectivity index (χ0n) is 13.7. The van der Waals surface area contributed by atoms with Gasteiger partial charge < -0.3 is 0 Å². The molecule has 0 amide bonds. The van der Waals surface area contributed by atoms with E-state index in [2.05, 4.69) is 49.0 Å². The number of halogens is 1. The van der Waals surface area contributed by atoms with Gasteiger partial charge in [0.15, 0.2) is 5.82 Å². The first-order valence-corrected chi connectivity index (χ1v) is 7.99. The summed E-state index contributed by atoms with van der Waals surface area (Å²) < 4.78 is 1.89. The minimum atomic E-state index is 0.252. The van der Waals surface area contributed by atoms with Crippen molar-refractivity contribution in [3.8, 4) is 0 Å². The average Bonchev–Trinajstić information content (AvgIpc) is 2.82. The third-order valence-corrected chi connectivity index (χ3v) is 3.82. The molecule has 1 aromatic carbocycles. The van der Waals surface area contributed by atoms with Gasteiger partial charge in [0, 0.05) is 6.20 Å². The van der Waals surface area contributed by atoms with Gasteiger partial charge in [0.05, 0.1) is 16.4 Å². The molecule has 0 aliphatic heterocycles. The Morgan fingerprint density at radius 2 is 1.74 bits per heavy atom. The molecule has 3 aromatic rings. The van der Waals surface area contributed by atoms with Crippen LogP contribution in [0.5, 0.6) is 0 Å². The van der Waals surface area contributed by atoms with Gasteiger partial charge in [-0.2, -0.15) is 0 Å². The summed E-state index contributed by atoms with van der Waals surface area (Å²) in [4.78, 5) is 4.65. The van der Waals surface area contributed by atoms with Crippen LogP contribution >= 0.6 is 11.6 Å². The second-order valence-electron chi connectivity index (χ2n) is 6.10. The summed E-state index contributed by atoms with van der Waals surface area (Å²) in [6.45, 7) is 8.30. The van der Waals surface area contributed by atoms with Crippen molar-refractivity contribution in [2.24, 2.45) is 10.2 Å². The predicted molar refractivity (Wildman–Crippen MR) is 94.4 cm³/mol. The highest BCUT2D eigenvalue weighted by Crippen LogP contribution is 2.30. The maximum atomic E-state index is 6.12. The Labute approximate surface area is 140 Å². The van der Waals surface area contributed by atoms with E-state index in [0.717, 1.165) is 22.8 Å². The monoisotopic (exact) mass is 326 g/mol. The number of hydrogen-bond acceptors (Lipinski definition) is 3. The standard InChI is InChI=1S/C18H19ClN4/c1-11(2)17-18(23-10-14(19)5-6-16(23)20-17)22-21-15-8-12(3)7-13(4)9-15/h5-11H,1-4H3. The van der Waals surface area contributed by atoms with Crippen molar-refractivity contribution in [3.63, 3.8) is 0 Å². The molecule has 5 heteroatoms. The van der Waals surface area contributed by atoms with Crippen LogP contribution < -0.4 is 0 Å². The summed E-state index contributed by atoms with van der Waals surface area (Å²) in [5, 5.41) is 9.54. The normalized spacial score (nSPS) is 11.9. The van der Waals surface area contributed by atoms with Crippen molar-refractivity contribution >= 4 is 28.8 Å². The summed E-state index contributed by atoms with van der Waals surface area (Å²) in [6, 6.07) is 9.87. The molecule has 0 fully saturated rings. The molecule has 0 unspecified atom stereocenters. The van der Waals surface area contributed by atoms with Crippen LogP contribution in [0.4, 0.5) is 11.5 Å². The van der Waals surface area contributed by atoms with E-state index < -0.39 is 0 Å². The minimum Gasteiger partial charge on any atom is -0.281 e. The van der Waals surface area contributed by atoms with Gasteiger partial charge in [-0.1, -0.05) is 31.5 Å². The molecule has 0 aliphatic rings. The zero-order valence-corrected chi connectivity index (χ0v) is 14.5. The SMILES string of the molecule is Cc1cc(C)cc(N=Nc2c(C(C)C)nc3ccc(Cl)cn23)c1. The van der Waals surface area contributed by atoms with Crippen LogP contribution in [0.3, 0.4) is 0 Å². The van der Waals surface area contributed by atoms with Gasteiger partial charge in [-0.05, 0) is 55.2 Å². The Hall–Kier alpha value is -2.20. The molecular weight excluding hydrogens is 308 g/mol. The van der Waals surface area contributed by atoms with Gasteiger partial charge in [-0.3, -0.25) is 4.40 Å². The van der Waals surface area contributed by atoms with Crippen molar-refractivity contribution in [2.75, 3.05) is 0 Å². The number of fused-ring (bicyclic) bond motifs is 1. The van der Waals surface area contributed by atoms with Crippen molar-refractivity contribution in [2.45, 2.75) is 33.6 Å². The van der Waals surface area contributed by atoms with E-state index in [9.17, 15) is 0 Å². The first-order chi connectivity index (χ1) is 10.9. The van der Waals surface area contributed by atoms with Gasteiger partial charge in [0.25, 0.3) is 0 Å². The van der Waals surface area contributed by atoms with E-state index in [1.165, 1.54) is 11.1 Å². The Morgan fingerprint density at radius 3 is 2.39 bits per heavy atom. The van der Waals surface area contributed by atoms with Crippen molar-refractivity contribution in [1.82, 2.24) is 9.38 Å². The lowest BCUT2D eigenvalue weighted by atomic mass is 10.1. The number of rotatable bonds is 3. The molecule has 0 radical (unpaired) electrons. The highest BCUT2D eigenvalue weighted by atomic mass is 35.5. The van der Waals surface area contributed by atoms with Gasteiger partial charge in [0.1, 0.15) is 5.65 Å². The van der Waals surface area contributed by atoms with Crippen LogP contribution in [0.25, 0.3) is 5.65 Å². The van der Waals surface area contributed by atoms with Crippen molar-refractivity contribution < 1.29 is 0 Å². The topological polar surface area (TPSA) is 42.0 Å². The molecule has 4 nitrogen and oxygen atoms in total. The molecule has 0 saturated heterocycles. The lowest BCUT2D eigenvalue weighted by Gasteiger charge is -2.02. The van der Waals surface area contributed by atoms with Crippen LogP contribution in [-0.2, 0) is 0 Å². The molecule has 0 atom stereocenters. The smallest absolute Gasteiger partial charge is 0.183 e. The molecular formula is C18H19ClN4. The number of pyridine rings is 1. The van der Waals surface area contributed by atoms with Crippen LogP contribution in [-0.4, -0.2) is 9.38 Å². The van der Waals surface area contributed by atoms with Gasteiger partial charge in [-0.25, -0.2) is 4.98 Å². The number of nitrogens with zero attached hydrogens (tertiary/aromatic N) is 4. The van der Waals surface area contributed by atoms with E-state index in [1.54, 1.807) is 0 Å². The fraction of sp³-hybridized carbons (Fsp3) is 0.278. The maximum Gasteiger partial charge on any atom is 0.183 e. The minimum absolute atomic E-state index is 0.252. The molecule has 0 saturated carbocycles. The fourth-order valence-corrected chi connectivity index (χ4v) is 2.79. The number of hydrogen-bond donors (Lipinski definition) is 0. The predicted octanol–water partition coefficient (Wildman–Crippen LogP) is 6.14. The Balaban J connectivity index is 2.12. The molecule has 0 aliphatic carbocycles. The molecule has 3 rings (SSSR count). The van der Waals surface area contributed by atoms with Crippen LogP contribution in [0.1, 0.15) is 36.6 Å². The largest absolute Gasteiger partial charge is 0.281 e. The fourth-order valence-electron chi connectivity index (χ4n) is 2.62. The number of benzene rings is 1. The maximum absolute atomic E-state index is 6.12. The highest BCUT2D eigenvalue weighted by Gasteiger charge is 2.15. The van der Waals surface area contributed by atoms with E-state index in [0.29, 0.717) is 5.02 Å². The summed E-state index contributed by atoms with van der Waals surface area (Å²) in [5.41, 5.74) is 4.93. The first-order valence-electron chi connectivity index (χ1n) is 7.61. The Kier molecular flexibility index (Phi) is 4.18. The molecule has 0 spiro atoms. The second-order valence-corrected chi connectivity index (χ2v) is 6.53. The van der Waals surface area contributed by atoms with Crippen molar-refractivity contribution in [1.29, 1.82) is 0 Å². The molecule has 2 heterocycles. The van der Waals surface area contributed by atoms with E-state index in [1.807, 2.05) is 34.9 Å². The van der Waals surface area contributed by atoms with Gasteiger partial charge in [0.2, 0.25) is 0 Å². The molecule has 0 N–H and O–H groups in total. The van der Waals surface area contributed by atoms with E-state index in [4.69, 9.17) is 11.6 Å². The van der Waals surface area contributed by atoms with Gasteiger partial charge in [-0.15, -0.1) is 10.2 Å².